The van der Waals surface area contributed by atoms with Crippen molar-refractivity contribution in [1.82, 2.24) is 19.8 Å². The Kier molecular flexibility index (Phi) is 7.09. The Balaban J connectivity index is 0.00000308. The van der Waals surface area contributed by atoms with Gasteiger partial charge in [0, 0.05) is 57.1 Å². The Morgan fingerprint density at radius 1 is 1.16 bits per heavy atom. The summed E-state index contributed by atoms with van der Waals surface area (Å²) >= 11 is 0. The predicted molar refractivity (Wildman–Crippen MR) is 148 cm³/mol. The summed E-state index contributed by atoms with van der Waals surface area (Å²) < 4.78 is 11.9. The first-order chi connectivity index (χ1) is 18.6. The van der Waals surface area contributed by atoms with Crippen molar-refractivity contribution in [2.24, 2.45) is 0 Å². The van der Waals surface area contributed by atoms with Crippen molar-refractivity contribution in [3.63, 3.8) is 0 Å². The van der Waals surface area contributed by atoms with Gasteiger partial charge in [0.2, 0.25) is 0 Å². The van der Waals surface area contributed by atoms with Crippen LogP contribution >= 0.6 is 0 Å². The van der Waals surface area contributed by atoms with Gasteiger partial charge in [-0.2, -0.15) is 0 Å². The summed E-state index contributed by atoms with van der Waals surface area (Å²) in [6.07, 6.45) is 5.01. The van der Waals surface area contributed by atoms with Crippen molar-refractivity contribution in [3.05, 3.63) is 35.3 Å². The number of fused-ring (bicyclic) bond motifs is 2. The van der Waals surface area contributed by atoms with E-state index in [4.69, 9.17) is 14.5 Å². The van der Waals surface area contributed by atoms with Crippen LogP contribution in [0.15, 0.2) is 18.3 Å². The summed E-state index contributed by atoms with van der Waals surface area (Å²) in [5, 5.41) is 3.59. The Hall–Kier alpha value is -3.35. The zero-order valence-electron chi connectivity index (χ0n) is 22.3. The van der Waals surface area contributed by atoms with Crippen molar-refractivity contribution in [2.45, 2.75) is 51.7 Å². The van der Waals surface area contributed by atoms with E-state index in [0.717, 1.165) is 112 Å². The van der Waals surface area contributed by atoms with E-state index in [2.05, 4.69) is 44.1 Å². The number of likely N-dealkylation sites (tertiary alicyclic amines) is 2. The Morgan fingerprint density at radius 2 is 1.97 bits per heavy atom. The third kappa shape index (κ3) is 4.91. The third-order valence-corrected chi connectivity index (χ3v) is 8.31. The van der Waals surface area contributed by atoms with E-state index in [1.165, 1.54) is 0 Å². The van der Waals surface area contributed by atoms with Crippen molar-refractivity contribution in [1.29, 1.82) is 0 Å². The molecule has 0 bridgehead atoms. The zero-order valence-corrected chi connectivity index (χ0v) is 22.3. The van der Waals surface area contributed by atoms with E-state index in [9.17, 15) is 4.79 Å². The van der Waals surface area contributed by atoms with Crippen LogP contribution in [0, 0.1) is 18.8 Å². The summed E-state index contributed by atoms with van der Waals surface area (Å²) in [7, 11) is 0. The zero-order chi connectivity index (χ0) is 26.1. The number of nitrogens with zero attached hydrogens (tertiary/aromatic N) is 5. The van der Waals surface area contributed by atoms with Gasteiger partial charge in [-0.3, -0.25) is 14.7 Å². The molecule has 0 aliphatic carbocycles. The molecule has 0 aromatic carbocycles. The van der Waals surface area contributed by atoms with Crippen LogP contribution in [0.4, 0.5) is 17.2 Å². The molecule has 4 aliphatic heterocycles. The number of anilines is 3. The van der Waals surface area contributed by atoms with Crippen LogP contribution in [0.1, 0.15) is 50.5 Å². The highest BCUT2D eigenvalue weighted by Crippen LogP contribution is 2.40. The molecule has 2 aromatic rings. The number of hydrogen-bond donors (Lipinski definition) is 1. The summed E-state index contributed by atoms with van der Waals surface area (Å²) in [6, 6.07) is 4.67. The fraction of sp³-hybridized carbons (Fsp3) is 0.552. The van der Waals surface area contributed by atoms with Gasteiger partial charge in [0.05, 0.1) is 30.2 Å². The van der Waals surface area contributed by atoms with Crippen molar-refractivity contribution in [2.75, 3.05) is 62.7 Å². The first-order valence-electron chi connectivity index (χ1n) is 13.8. The van der Waals surface area contributed by atoms with Crippen LogP contribution in [0.5, 0.6) is 5.75 Å². The highest BCUT2D eigenvalue weighted by Gasteiger charge is 2.33. The summed E-state index contributed by atoms with van der Waals surface area (Å²) in [4.78, 5) is 28.6. The number of pyridine rings is 2. The summed E-state index contributed by atoms with van der Waals surface area (Å²) in [5.41, 5.74) is 5.21. The lowest BCUT2D eigenvalue weighted by Crippen LogP contribution is -2.43. The topological polar surface area (TPSA) is 83.1 Å². The maximum absolute atomic E-state index is 12.2. The Bertz CT molecular complexity index is 1260. The molecule has 0 spiro atoms. The average Bonchev–Trinajstić information content (AvgIpc) is 3.36. The largest absolute Gasteiger partial charge is 0.485 e. The highest BCUT2D eigenvalue weighted by molar-refractivity contribution is 5.93. The lowest BCUT2D eigenvalue weighted by atomic mass is 9.91. The smallest absolute Gasteiger partial charge is 0.298 e. The van der Waals surface area contributed by atoms with Gasteiger partial charge in [0.25, 0.3) is 5.91 Å². The van der Waals surface area contributed by atoms with Crippen LogP contribution in [0.2, 0.25) is 0 Å². The fourth-order valence-electron chi connectivity index (χ4n) is 6.24. The molecule has 0 radical (unpaired) electrons. The molecule has 1 atom stereocenters. The minimum Gasteiger partial charge on any atom is -0.485 e. The Labute approximate surface area is 226 Å². The van der Waals surface area contributed by atoms with Crippen LogP contribution in [-0.4, -0.2) is 84.2 Å². The molecule has 38 heavy (non-hydrogen) atoms. The lowest BCUT2D eigenvalue weighted by Gasteiger charge is -2.36. The number of rotatable bonds is 3. The maximum atomic E-state index is 12.2. The number of amides is 1. The highest BCUT2D eigenvalue weighted by atomic mass is 16.5. The van der Waals surface area contributed by atoms with Crippen LogP contribution < -0.4 is 15.0 Å². The molecule has 9 heteroatoms. The Morgan fingerprint density at radius 3 is 2.76 bits per heavy atom. The van der Waals surface area contributed by atoms with E-state index in [1.807, 2.05) is 18.0 Å². The fourth-order valence-corrected chi connectivity index (χ4v) is 6.24. The maximum Gasteiger partial charge on any atom is 0.298 e. The summed E-state index contributed by atoms with van der Waals surface area (Å²) in [6.45, 7) is 11.1. The van der Waals surface area contributed by atoms with E-state index in [1.54, 1.807) is 6.92 Å². The van der Waals surface area contributed by atoms with Crippen molar-refractivity contribution in [3.8, 4) is 17.6 Å². The van der Waals surface area contributed by atoms with Crippen LogP contribution in [0.3, 0.4) is 0 Å². The quantitative estimate of drug-likeness (QED) is 0.620. The molecule has 6 rings (SSSR count). The minimum absolute atomic E-state index is 0. The van der Waals surface area contributed by atoms with Gasteiger partial charge < -0.3 is 24.6 Å². The number of morpholine rings is 1. The second kappa shape index (κ2) is 10.8. The monoisotopic (exact) mass is 518 g/mol. The molecule has 1 N–H and O–H groups in total. The van der Waals surface area contributed by atoms with Gasteiger partial charge >= 0.3 is 0 Å². The second-order valence-corrected chi connectivity index (χ2v) is 10.6. The molecule has 202 valence electrons. The molecule has 1 unspecified atom stereocenters. The van der Waals surface area contributed by atoms with E-state index >= 15 is 0 Å². The van der Waals surface area contributed by atoms with E-state index in [0.29, 0.717) is 18.6 Å². The number of ether oxygens (including phenoxy) is 2. The molecule has 3 fully saturated rings. The number of carbonyl (C=O) groups is 1. The predicted octanol–water partition coefficient (Wildman–Crippen LogP) is 3.31. The normalized spacial score (nSPS) is 21.9. The van der Waals surface area contributed by atoms with Gasteiger partial charge in [-0.1, -0.05) is 5.92 Å². The van der Waals surface area contributed by atoms with Crippen molar-refractivity contribution < 1.29 is 15.7 Å². The first-order valence-corrected chi connectivity index (χ1v) is 13.8. The van der Waals surface area contributed by atoms with Crippen LogP contribution in [0.25, 0.3) is 0 Å². The number of piperidine rings is 1. The first kappa shape index (κ1) is 25.0. The van der Waals surface area contributed by atoms with Gasteiger partial charge in [-0.15, -0.1) is 0 Å². The molecule has 3 saturated heterocycles. The van der Waals surface area contributed by atoms with E-state index < -0.39 is 0 Å². The number of aromatic nitrogens is 2. The van der Waals surface area contributed by atoms with E-state index in [-0.39, 0.29) is 7.33 Å². The molecular weight excluding hydrogens is 480 g/mol. The van der Waals surface area contributed by atoms with Gasteiger partial charge in [0.1, 0.15) is 12.4 Å². The average molecular weight is 519 g/mol. The van der Waals surface area contributed by atoms with Crippen molar-refractivity contribution >= 4 is 23.1 Å². The molecule has 1 amide bonds. The third-order valence-electron chi connectivity index (χ3n) is 8.31. The molecule has 2 aromatic heterocycles. The number of carbonyl (C=O) groups excluding carboxylic acids is 1. The van der Waals surface area contributed by atoms with Crippen LogP contribution in [-0.2, 0) is 16.1 Å². The molecule has 9 nitrogen and oxygen atoms in total. The minimum atomic E-state index is -0.0441. The molecule has 6 heterocycles. The van der Waals surface area contributed by atoms with Gasteiger partial charge in [0.15, 0.2) is 5.75 Å². The molecular formula is C29H38N6O3. The SMILES string of the molecule is CC#CC(=O)N1CCC(N2CCC(c3cc4c(c(C)n3)OCc3c(N5CCOCC5)ccnc3N4)CC2)C1.[HH]. The number of hydrogen-bond acceptors (Lipinski definition) is 8. The standard InChI is InChI=1S/C29H36N6O3.H2/c1-3-4-27(36)35-12-8-22(18-35)33-10-6-21(7-11-33)24-17-25-28(20(2)31-24)38-19-23-26(5-9-30-29(23)32-25)34-13-15-37-16-14-34;/h5,9,17,21-22H,6-8,10-16,18-19H2,1-2H3,(H,30,32);1H. The van der Waals surface area contributed by atoms with Gasteiger partial charge in [-0.05, 0) is 64.3 Å². The summed E-state index contributed by atoms with van der Waals surface area (Å²) in [5.74, 6) is 7.43. The second-order valence-electron chi connectivity index (χ2n) is 10.6. The number of nitrogens with one attached hydrogen (secondary N) is 1. The number of aryl methyl sites for hydroxylation is 1. The lowest BCUT2D eigenvalue weighted by molar-refractivity contribution is -0.124. The van der Waals surface area contributed by atoms with Gasteiger partial charge in [-0.25, -0.2) is 4.98 Å². The molecule has 0 saturated carbocycles. The molecule has 4 aliphatic rings.